The lowest BCUT2D eigenvalue weighted by atomic mass is 9.99. The van der Waals surface area contributed by atoms with Crippen molar-refractivity contribution in [2.75, 3.05) is 0 Å². The van der Waals surface area contributed by atoms with Crippen LogP contribution in [0.1, 0.15) is 0 Å². The van der Waals surface area contributed by atoms with E-state index in [1.54, 1.807) is 6.20 Å². The molecule has 0 aliphatic carbocycles. The predicted molar refractivity (Wildman–Crippen MR) is 172 cm³/mol. The zero-order valence-corrected chi connectivity index (χ0v) is 22.8. The number of benzene rings is 5. The number of hydrogen-bond acceptors (Lipinski definition) is 4. The highest BCUT2D eigenvalue weighted by molar-refractivity contribution is 7.25. The average molecular weight is 542 g/mol. The highest BCUT2D eigenvalue weighted by Crippen LogP contribution is 2.37. The topological polar surface area (TPSA) is 38.7 Å². The maximum Gasteiger partial charge on any atom is 0.160 e. The van der Waals surface area contributed by atoms with Gasteiger partial charge in [-0.15, -0.1) is 11.3 Å². The number of pyridine rings is 1. The molecule has 0 saturated heterocycles. The average Bonchev–Trinajstić information content (AvgIpc) is 3.43. The number of rotatable bonds is 4. The summed E-state index contributed by atoms with van der Waals surface area (Å²) in [4.78, 5) is 14.5. The van der Waals surface area contributed by atoms with Crippen LogP contribution in [0.2, 0.25) is 0 Å². The fourth-order valence-electron chi connectivity index (χ4n) is 5.54. The zero-order chi connectivity index (χ0) is 27.2. The van der Waals surface area contributed by atoms with Crippen LogP contribution in [-0.2, 0) is 0 Å². The van der Waals surface area contributed by atoms with E-state index in [0.29, 0.717) is 5.82 Å². The van der Waals surface area contributed by atoms with Crippen molar-refractivity contribution in [3.05, 3.63) is 140 Å². The quantitative estimate of drug-likeness (QED) is 0.222. The van der Waals surface area contributed by atoms with Crippen molar-refractivity contribution >= 4 is 42.3 Å². The molecule has 0 fully saturated rings. The van der Waals surface area contributed by atoms with Crippen molar-refractivity contribution < 1.29 is 0 Å². The standard InChI is InChI=1S/C37H23N3S/c1-2-10-29-25(7-1)8-5-12-30(29)34-22-33(27-18-19-36-32(21-27)31-11-3-4-13-35(31)41-36)39-37(40-34)26-16-14-24(15-17-26)28-9-6-20-38-23-28/h1-23H. The van der Waals surface area contributed by atoms with Crippen molar-refractivity contribution in [1.29, 1.82) is 0 Å². The van der Waals surface area contributed by atoms with E-state index >= 15 is 0 Å². The monoisotopic (exact) mass is 541 g/mol. The molecule has 3 heterocycles. The first-order valence-corrected chi connectivity index (χ1v) is 14.4. The van der Waals surface area contributed by atoms with Crippen molar-refractivity contribution in [2.45, 2.75) is 0 Å². The summed E-state index contributed by atoms with van der Waals surface area (Å²) in [7, 11) is 0. The molecule has 8 aromatic rings. The van der Waals surface area contributed by atoms with Crippen LogP contribution >= 0.6 is 11.3 Å². The van der Waals surface area contributed by atoms with Crippen LogP contribution in [0.25, 0.3) is 76.0 Å². The lowest BCUT2D eigenvalue weighted by Gasteiger charge is -2.12. The third-order valence-electron chi connectivity index (χ3n) is 7.60. The molecule has 0 N–H and O–H groups in total. The molecule has 0 aliphatic heterocycles. The molecule has 0 unspecified atom stereocenters. The number of hydrogen-bond donors (Lipinski definition) is 0. The number of aromatic nitrogens is 3. The van der Waals surface area contributed by atoms with Crippen LogP contribution in [0.4, 0.5) is 0 Å². The Morgan fingerprint density at radius 1 is 0.463 bits per heavy atom. The molecular weight excluding hydrogens is 518 g/mol. The van der Waals surface area contributed by atoms with Crippen molar-refractivity contribution in [3.8, 4) is 45.0 Å². The zero-order valence-electron chi connectivity index (χ0n) is 22.0. The summed E-state index contributed by atoms with van der Waals surface area (Å²) in [5.41, 5.74) is 7.17. The van der Waals surface area contributed by atoms with Gasteiger partial charge in [0.1, 0.15) is 0 Å². The molecule has 0 amide bonds. The van der Waals surface area contributed by atoms with Crippen molar-refractivity contribution in [3.63, 3.8) is 0 Å². The third kappa shape index (κ3) is 4.26. The van der Waals surface area contributed by atoms with E-state index in [0.717, 1.165) is 39.2 Å². The van der Waals surface area contributed by atoms with Crippen LogP contribution in [0.15, 0.2) is 140 Å². The van der Waals surface area contributed by atoms with Gasteiger partial charge in [0.2, 0.25) is 0 Å². The van der Waals surface area contributed by atoms with E-state index in [1.165, 1.54) is 30.9 Å². The maximum absolute atomic E-state index is 5.13. The van der Waals surface area contributed by atoms with Crippen LogP contribution in [0.5, 0.6) is 0 Å². The van der Waals surface area contributed by atoms with Gasteiger partial charge in [-0.1, -0.05) is 97.1 Å². The number of thiophene rings is 1. The molecule has 8 rings (SSSR count). The number of fused-ring (bicyclic) bond motifs is 4. The summed E-state index contributed by atoms with van der Waals surface area (Å²) in [5.74, 6) is 0.707. The van der Waals surface area contributed by atoms with Gasteiger partial charge >= 0.3 is 0 Å². The molecular formula is C37H23N3S. The first-order valence-electron chi connectivity index (χ1n) is 13.6. The summed E-state index contributed by atoms with van der Waals surface area (Å²) in [5, 5.41) is 4.91. The first-order chi connectivity index (χ1) is 20.3. The molecule has 3 aromatic heterocycles. The molecule has 3 nitrogen and oxygen atoms in total. The molecule has 0 atom stereocenters. The molecule has 0 radical (unpaired) electrons. The van der Waals surface area contributed by atoms with E-state index in [2.05, 4.69) is 126 Å². The molecule has 0 saturated carbocycles. The fraction of sp³-hybridized carbons (Fsp3) is 0. The van der Waals surface area contributed by atoms with Crippen LogP contribution in [0.3, 0.4) is 0 Å². The Kier molecular flexibility index (Phi) is 5.64. The van der Waals surface area contributed by atoms with E-state index in [4.69, 9.17) is 9.97 Å². The minimum absolute atomic E-state index is 0.707. The highest BCUT2D eigenvalue weighted by Gasteiger charge is 2.14. The SMILES string of the molecule is c1cncc(-c2ccc(-c3nc(-c4ccc5sc6ccccc6c5c4)cc(-c4cccc5ccccc45)n3)cc2)c1. The van der Waals surface area contributed by atoms with E-state index < -0.39 is 0 Å². The Morgan fingerprint density at radius 2 is 1.20 bits per heavy atom. The van der Waals surface area contributed by atoms with Gasteiger partial charge in [0.25, 0.3) is 0 Å². The van der Waals surface area contributed by atoms with E-state index in [9.17, 15) is 0 Å². The largest absolute Gasteiger partial charge is 0.264 e. The third-order valence-corrected chi connectivity index (χ3v) is 8.75. The van der Waals surface area contributed by atoms with Gasteiger partial charge in [-0.3, -0.25) is 4.98 Å². The molecule has 4 heteroatoms. The summed E-state index contributed by atoms with van der Waals surface area (Å²) in [6.45, 7) is 0. The Bertz CT molecular complexity index is 2190. The van der Waals surface area contributed by atoms with E-state index in [-0.39, 0.29) is 0 Å². The second-order valence-corrected chi connectivity index (χ2v) is 11.2. The maximum atomic E-state index is 5.13. The van der Waals surface area contributed by atoms with Crippen molar-refractivity contribution in [2.24, 2.45) is 0 Å². The van der Waals surface area contributed by atoms with Crippen molar-refractivity contribution in [1.82, 2.24) is 15.0 Å². The van der Waals surface area contributed by atoms with Gasteiger partial charge in [-0.25, -0.2) is 9.97 Å². The summed E-state index contributed by atoms with van der Waals surface area (Å²) in [6, 6.07) is 44.8. The molecule has 0 aliphatic rings. The summed E-state index contributed by atoms with van der Waals surface area (Å²) in [6.07, 6.45) is 3.68. The summed E-state index contributed by atoms with van der Waals surface area (Å²) < 4.78 is 2.58. The van der Waals surface area contributed by atoms with Gasteiger partial charge < -0.3 is 0 Å². The van der Waals surface area contributed by atoms with Gasteiger partial charge in [-0.2, -0.15) is 0 Å². The first kappa shape index (κ1) is 23.7. The Balaban J connectivity index is 1.32. The molecule has 0 bridgehead atoms. The van der Waals surface area contributed by atoms with Gasteiger partial charge in [0.15, 0.2) is 5.82 Å². The van der Waals surface area contributed by atoms with Crippen LogP contribution in [-0.4, -0.2) is 15.0 Å². The second-order valence-electron chi connectivity index (χ2n) is 10.1. The van der Waals surface area contributed by atoms with Crippen LogP contribution < -0.4 is 0 Å². The van der Waals surface area contributed by atoms with E-state index in [1.807, 2.05) is 23.6 Å². The Hall–Kier alpha value is -5.19. The molecule has 192 valence electrons. The molecule has 5 aromatic carbocycles. The Morgan fingerprint density at radius 3 is 2.07 bits per heavy atom. The minimum Gasteiger partial charge on any atom is -0.264 e. The lowest BCUT2D eigenvalue weighted by molar-refractivity contribution is 1.19. The Labute approximate surface area is 241 Å². The normalized spacial score (nSPS) is 11.4. The van der Waals surface area contributed by atoms with Gasteiger partial charge in [0.05, 0.1) is 11.4 Å². The second kappa shape index (κ2) is 9.77. The highest BCUT2D eigenvalue weighted by atomic mass is 32.1. The molecule has 0 spiro atoms. The minimum atomic E-state index is 0.707. The number of nitrogens with zero attached hydrogens (tertiary/aromatic N) is 3. The van der Waals surface area contributed by atoms with Gasteiger partial charge in [0, 0.05) is 49.3 Å². The van der Waals surface area contributed by atoms with Crippen LogP contribution in [0, 0.1) is 0 Å². The smallest absolute Gasteiger partial charge is 0.160 e. The summed E-state index contributed by atoms with van der Waals surface area (Å²) >= 11 is 1.83. The fourth-order valence-corrected chi connectivity index (χ4v) is 6.63. The molecule has 41 heavy (non-hydrogen) atoms. The van der Waals surface area contributed by atoms with Gasteiger partial charge in [-0.05, 0) is 52.2 Å². The lowest BCUT2D eigenvalue weighted by Crippen LogP contribution is -1.96. The predicted octanol–water partition coefficient (Wildman–Crippen LogP) is 10.1.